The molecular formula is C21H27N3O2. The number of guanidine groups is 1. The van der Waals surface area contributed by atoms with Gasteiger partial charge in [-0.25, -0.2) is 0 Å². The lowest BCUT2D eigenvalue weighted by Gasteiger charge is -2.22. The smallest absolute Gasteiger partial charge is 0.193 e. The summed E-state index contributed by atoms with van der Waals surface area (Å²) >= 11 is 0. The second-order valence-corrected chi connectivity index (χ2v) is 6.35. The Morgan fingerprint density at radius 3 is 2.88 bits per heavy atom. The van der Waals surface area contributed by atoms with Gasteiger partial charge >= 0.3 is 0 Å². The molecule has 0 spiro atoms. The van der Waals surface area contributed by atoms with Crippen molar-refractivity contribution in [3.8, 4) is 11.5 Å². The zero-order valence-corrected chi connectivity index (χ0v) is 15.6. The average Bonchev–Trinajstić information content (AvgIpc) is 3.14. The lowest BCUT2D eigenvalue weighted by atomic mass is 10.1. The second-order valence-electron chi connectivity index (χ2n) is 6.35. The third-order valence-electron chi connectivity index (χ3n) is 4.46. The van der Waals surface area contributed by atoms with Gasteiger partial charge < -0.3 is 19.7 Å². The topological polar surface area (TPSA) is 46.1 Å². The fraction of sp³-hybridized carbons (Fsp3) is 0.381. The number of aliphatic imine (C=N–C) groups is 1. The minimum atomic E-state index is 0.617. The molecule has 5 heteroatoms. The van der Waals surface area contributed by atoms with Gasteiger partial charge in [0.2, 0.25) is 0 Å². The van der Waals surface area contributed by atoms with Gasteiger partial charge in [-0.1, -0.05) is 30.3 Å². The fourth-order valence-corrected chi connectivity index (χ4v) is 3.02. The second kappa shape index (κ2) is 9.13. The summed E-state index contributed by atoms with van der Waals surface area (Å²) in [5.41, 5.74) is 2.65. The third kappa shape index (κ3) is 4.91. The molecule has 1 heterocycles. The standard InChI is InChI=1S/C21H27N3O2/c1-22-21(24(2)13-15-25-19-6-4-3-5-7-19)23-12-10-17-8-9-20-18(16-17)11-14-26-20/h3-9,16H,10-15H2,1-2H3,(H,22,23). The molecule has 0 saturated carbocycles. The quantitative estimate of drug-likeness (QED) is 0.614. The first-order chi connectivity index (χ1) is 12.8. The highest BCUT2D eigenvalue weighted by molar-refractivity contribution is 5.79. The van der Waals surface area contributed by atoms with Crippen molar-refractivity contribution in [3.05, 3.63) is 59.7 Å². The molecule has 0 radical (unpaired) electrons. The highest BCUT2D eigenvalue weighted by atomic mass is 16.5. The summed E-state index contributed by atoms with van der Waals surface area (Å²) in [5, 5.41) is 3.42. The average molecular weight is 353 g/mol. The van der Waals surface area contributed by atoms with Crippen LogP contribution in [0.15, 0.2) is 53.5 Å². The first-order valence-corrected chi connectivity index (χ1v) is 9.10. The van der Waals surface area contributed by atoms with Gasteiger partial charge in [-0.15, -0.1) is 0 Å². The van der Waals surface area contributed by atoms with Crippen molar-refractivity contribution < 1.29 is 9.47 Å². The first-order valence-electron chi connectivity index (χ1n) is 9.10. The molecule has 0 aliphatic carbocycles. The van der Waals surface area contributed by atoms with Crippen molar-refractivity contribution in [2.45, 2.75) is 12.8 Å². The lowest BCUT2D eigenvalue weighted by molar-refractivity contribution is 0.281. The highest BCUT2D eigenvalue weighted by Gasteiger charge is 2.12. The van der Waals surface area contributed by atoms with Gasteiger partial charge in [0, 0.05) is 27.1 Å². The molecule has 0 bridgehead atoms. The molecule has 0 amide bonds. The van der Waals surface area contributed by atoms with Crippen LogP contribution in [0.3, 0.4) is 0 Å². The van der Waals surface area contributed by atoms with E-state index < -0.39 is 0 Å². The van der Waals surface area contributed by atoms with E-state index in [1.165, 1.54) is 11.1 Å². The van der Waals surface area contributed by atoms with E-state index in [2.05, 4.69) is 33.4 Å². The number of nitrogens with zero attached hydrogens (tertiary/aromatic N) is 2. The molecule has 0 fully saturated rings. The van der Waals surface area contributed by atoms with Crippen LogP contribution >= 0.6 is 0 Å². The largest absolute Gasteiger partial charge is 0.493 e. The van der Waals surface area contributed by atoms with E-state index in [1.54, 1.807) is 0 Å². The van der Waals surface area contributed by atoms with E-state index in [0.717, 1.165) is 50.0 Å². The van der Waals surface area contributed by atoms with Crippen LogP contribution in [0.25, 0.3) is 0 Å². The lowest BCUT2D eigenvalue weighted by Crippen LogP contribution is -2.41. The molecule has 0 unspecified atom stereocenters. The SMILES string of the molecule is CN=C(NCCc1ccc2c(c1)CCO2)N(C)CCOc1ccccc1. The van der Waals surface area contributed by atoms with E-state index in [4.69, 9.17) is 9.47 Å². The molecule has 0 saturated heterocycles. The van der Waals surface area contributed by atoms with Gasteiger partial charge in [0.25, 0.3) is 0 Å². The predicted molar refractivity (Wildman–Crippen MR) is 105 cm³/mol. The summed E-state index contributed by atoms with van der Waals surface area (Å²) in [6.45, 7) is 3.03. The van der Waals surface area contributed by atoms with Crippen LogP contribution < -0.4 is 14.8 Å². The molecular weight excluding hydrogens is 326 g/mol. The Labute approximate surface area is 155 Å². The summed E-state index contributed by atoms with van der Waals surface area (Å²) in [6.07, 6.45) is 1.98. The number of para-hydroxylation sites is 1. The Kier molecular flexibility index (Phi) is 6.36. The molecule has 1 aliphatic heterocycles. The van der Waals surface area contributed by atoms with Crippen molar-refractivity contribution in [2.75, 3.05) is 40.4 Å². The van der Waals surface area contributed by atoms with E-state index in [-0.39, 0.29) is 0 Å². The van der Waals surface area contributed by atoms with Crippen molar-refractivity contribution in [2.24, 2.45) is 4.99 Å². The minimum absolute atomic E-state index is 0.617. The number of benzene rings is 2. The van der Waals surface area contributed by atoms with Crippen LogP contribution in [0.5, 0.6) is 11.5 Å². The van der Waals surface area contributed by atoms with Crippen LogP contribution in [0.2, 0.25) is 0 Å². The molecule has 1 N–H and O–H groups in total. The molecule has 138 valence electrons. The number of likely N-dealkylation sites (N-methyl/N-ethyl adjacent to an activating group) is 1. The summed E-state index contributed by atoms with van der Waals surface area (Å²) in [7, 11) is 3.83. The van der Waals surface area contributed by atoms with Gasteiger partial charge in [0.1, 0.15) is 18.1 Å². The normalized spacial score (nSPS) is 13.1. The van der Waals surface area contributed by atoms with Crippen molar-refractivity contribution in [1.82, 2.24) is 10.2 Å². The molecule has 5 nitrogen and oxygen atoms in total. The number of ether oxygens (including phenoxy) is 2. The molecule has 1 aliphatic rings. The van der Waals surface area contributed by atoms with Gasteiger partial charge in [0.05, 0.1) is 13.2 Å². The van der Waals surface area contributed by atoms with Gasteiger partial charge in [-0.2, -0.15) is 0 Å². The molecule has 3 rings (SSSR count). The van der Waals surface area contributed by atoms with E-state index in [0.29, 0.717) is 6.61 Å². The number of hydrogen-bond donors (Lipinski definition) is 1. The van der Waals surface area contributed by atoms with Gasteiger partial charge in [-0.05, 0) is 35.7 Å². The Balaban J connectivity index is 1.41. The summed E-state index contributed by atoms with van der Waals surface area (Å²) in [4.78, 5) is 6.44. The molecule has 2 aromatic rings. The van der Waals surface area contributed by atoms with Crippen LogP contribution in [0, 0.1) is 0 Å². The van der Waals surface area contributed by atoms with Crippen LogP contribution in [0.1, 0.15) is 11.1 Å². The van der Waals surface area contributed by atoms with E-state index in [9.17, 15) is 0 Å². The van der Waals surface area contributed by atoms with Crippen molar-refractivity contribution in [1.29, 1.82) is 0 Å². The van der Waals surface area contributed by atoms with Gasteiger partial charge in [0.15, 0.2) is 5.96 Å². The summed E-state index contributed by atoms with van der Waals surface area (Å²) in [5.74, 6) is 2.81. The Morgan fingerprint density at radius 2 is 2.08 bits per heavy atom. The van der Waals surface area contributed by atoms with Gasteiger partial charge in [-0.3, -0.25) is 4.99 Å². The highest BCUT2D eigenvalue weighted by Crippen LogP contribution is 2.25. The zero-order valence-electron chi connectivity index (χ0n) is 15.6. The molecule has 26 heavy (non-hydrogen) atoms. The Hall–Kier alpha value is -2.69. The fourth-order valence-electron chi connectivity index (χ4n) is 3.02. The maximum absolute atomic E-state index is 5.75. The van der Waals surface area contributed by atoms with Crippen molar-refractivity contribution in [3.63, 3.8) is 0 Å². The maximum atomic E-state index is 5.75. The number of rotatable bonds is 7. The van der Waals surface area contributed by atoms with E-state index >= 15 is 0 Å². The van der Waals surface area contributed by atoms with E-state index in [1.807, 2.05) is 44.4 Å². The molecule has 0 aromatic heterocycles. The zero-order chi connectivity index (χ0) is 18.2. The Bertz CT molecular complexity index is 731. The maximum Gasteiger partial charge on any atom is 0.193 e. The van der Waals surface area contributed by atoms with Crippen LogP contribution in [-0.4, -0.2) is 51.3 Å². The molecule has 2 aromatic carbocycles. The number of fused-ring (bicyclic) bond motifs is 1. The van der Waals surface area contributed by atoms with Crippen LogP contribution in [0.4, 0.5) is 0 Å². The summed E-state index contributed by atoms with van der Waals surface area (Å²) < 4.78 is 11.3. The summed E-state index contributed by atoms with van der Waals surface area (Å²) in [6, 6.07) is 16.4. The number of hydrogen-bond acceptors (Lipinski definition) is 3. The number of nitrogens with one attached hydrogen (secondary N) is 1. The monoisotopic (exact) mass is 353 g/mol. The predicted octanol–water partition coefficient (Wildman–Crippen LogP) is 2.75. The molecule has 0 atom stereocenters. The first kappa shape index (κ1) is 18.1. The van der Waals surface area contributed by atoms with Crippen LogP contribution in [-0.2, 0) is 12.8 Å². The third-order valence-corrected chi connectivity index (χ3v) is 4.46. The minimum Gasteiger partial charge on any atom is -0.493 e. The Morgan fingerprint density at radius 1 is 1.23 bits per heavy atom. The van der Waals surface area contributed by atoms with Crippen molar-refractivity contribution >= 4 is 5.96 Å².